The normalized spacial score (nSPS) is 10.5. The Morgan fingerprint density at radius 3 is 2.72 bits per heavy atom. The fraction of sp³-hybridized carbons (Fsp3) is 0.118. The van der Waals surface area contributed by atoms with E-state index in [9.17, 15) is 4.79 Å². The largest absolute Gasteiger partial charge is 0.497 e. The molecule has 0 unspecified atom stereocenters. The zero-order valence-corrected chi connectivity index (χ0v) is 15.0. The minimum absolute atomic E-state index is 0.0912. The predicted molar refractivity (Wildman–Crippen MR) is 97.6 cm³/mol. The summed E-state index contributed by atoms with van der Waals surface area (Å²) < 4.78 is 7.41. The van der Waals surface area contributed by atoms with E-state index >= 15 is 0 Å². The highest BCUT2D eigenvalue weighted by atomic mass is 79.9. The molecular formula is C17H16BrN5O2. The summed E-state index contributed by atoms with van der Waals surface area (Å²) in [6.07, 6.45) is 0. The van der Waals surface area contributed by atoms with Crippen LogP contribution >= 0.6 is 15.9 Å². The van der Waals surface area contributed by atoms with Gasteiger partial charge in [0.25, 0.3) is 5.91 Å². The van der Waals surface area contributed by atoms with Crippen molar-refractivity contribution in [1.29, 1.82) is 0 Å². The second-order valence-electron chi connectivity index (χ2n) is 5.25. The maximum absolute atomic E-state index is 12.3. The van der Waals surface area contributed by atoms with Gasteiger partial charge in [-0.3, -0.25) is 4.79 Å². The van der Waals surface area contributed by atoms with E-state index in [4.69, 9.17) is 10.5 Å². The van der Waals surface area contributed by atoms with Gasteiger partial charge in [0.15, 0.2) is 11.5 Å². The monoisotopic (exact) mass is 401 g/mol. The third kappa shape index (κ3) is 3.80. The van der Waals surface area contributed by atoms with Crippen molar-refractivity contribution in [3.63, 3.8) is 0 Å². The molecule has 0 aliphatic carbocycles. The van der Waals surface area contributed by atoms with Gasteiger partial charge in [-0.15, -0.1) is 5.10 Å². The average Bonchev–Trinajstić information content (AvgIpc) is 3.01. The molecule has 3 aromatic rings. The molecule has 3 N–H and O–H groups in total. The van der Waals surface area contributed by atoms with E-state index < -0.39 is 0 Å². The average molecular weight is 402 g/mol. The lowest BCUT2D eigenvalue weighted by molar-refractivity contribution is 0.0947. The second-order valence-corrected chi connectivity index (χ2v) is 6.16. The number of carbonyl (C=O) groups is 1. The van der Waals surface area contributed by atoms with Crippen molar-refractivity contribution in [2.24, 2.45) is 0 Å². The molecule has 0 radical (unpaired) electrons. The van der Waals surface area contributed by atoms with Crippen LogP contribution in [0.3, 0.4) is 0 Å². The van der Waals surface area contributed by atoms with E-state index in [1.54, 1.807) is 7.11 Å². The Kier molecular flexibility index (Phi) is 4.99. The maximum Gasteiger partial charge on any atom is 0.275 e. The summed E-state index contributed by atoms with van der Waals surface area (Å²) >= 11 is 3.39. The number of nitrogens with two attached hydrogens (primary N) is 1. The quantitative estimate of drug-likeness (QED) is 0.684. The van der Waals surface area contributed by atoms with Crippen LogP contribution in [-0.4, -0.2) is 28.0 Å². The van der Waals surface area contributed by atoms with Crippen LogP contribution in [0.2, 0.25) is 0 Å². The van der Waals surface area contributed by atoms with E-state index in [0.29, 0.717) is 12.2 Å². The molecule has 0 spiro atoms. The minimum atomic E-state index is -0.380. The lowest BCUT2D eigenvalue weighted by Gasteiger charge is -2.06. The molecule has 3 rings (SSSR count). The first kappa shape index (κ1) is 17.0. The van der Waals surface area contributed by atoms with Crippen molar-refractivity contribution >= 4 is 27.7 Å². The standard InChI is InChI=1S/C17H16BrN5O2/c1-25-14-7-5-11(6-8-14)10-20-17(24)15-16(19)23(22-21-15)13-4-2-3-12(18)9-13/h2-9H,10,19H2,1H3,(H,20,24). The summed E-state index contributed by atoms with van der Waals surface area (Å²) in [5.41, 5.74) is 7.78. The Bertz CT molecular complexity index is 892. The number of amides is 1. The molecular weight excluding hydrogens is 386 g/mol. The number of nitrogens with zero attached hydrogens (tertiary/aromatic N) is 3. The zero-order chi connectivity index (χ0) is 17.8. The van der Waals surface area contributed by atoms with E-state index in [1.807, 2.05) is 48.5 Å². The van der Waals surface area contributed by atoms with Crippen LogP contribution in [0.5, 0.6) is 5.75 Å². The third-order valence-electron chi connectivity index (χ3n) is 3.58. The molecule has 0 saturated heterocycles. The maximum atomic E-state index is 12.3. The molecule has 0 fully saturated rings. The number of methoxy groups -OCH3 is 1. The Balaban J connectivity index is 1.72. The van der Waals surface area contributed by atoms with Crippen LogP contribution in [0.4, 0.5) is 5.82 Å². The van der Waals surface area contributed by atoms with Crippen molar-refractivity contribution in [1.82, 2.24) is 20.3 Å². The van der Waals surface area contributed by atoms with Gasteiger partial charge >= 0.3 is 0 Å². The molecule has 8 heteroatoms. The van der Waals surface area contributed by atoms with Crippen LogP contribution in [0, 0.1) is 0 Å². The van der Waals surface area contributed by atoms with Gasteiger partial charge in [0.1, 0.15) is 5.75 Å². The summed E-state index contributed by atoms with van der Waals surface area (Å²) in [6.45, 7) is 0.353. The molecule has 0 bridgehead atoms. The fourth-order valence-electron chi connectivity index (χ4n) is 2.26. The Labute approximate surface area is 152 Å². The van der Waals surface area contributed by atoms with Gasteiger partial charge in [-0.25, -0.2) is 0 Å². The fourth-order valence-corrected chi connectivity index (χ4v) is 2.65. The topological polar surface area (TPSA) is 95.1 Å². The molecule has 0 aliphatic rings. The first-order valence-electron chi connectivity index (χ1n) is 7.46. The summed E-state index contributed by atoms with van der Waals surface area (Å²) in [7, 11) is 1.61. The predicted octanol–water partition coefficient (Wildman–Crippen LogP) is 2.55. The van der Waals surface area contributed by atoms with Crippen molar-refractivity contribution in [2.75, 3.05) is 12.8 Å². The third-order valence-corrected chi connectivity index (χ3v) is 4.08. The number of benzene rings is 2. The summed E-state index contributed by atoms with van der Waals surface area (Å²) in [5.74, 6) is 0.566. The number of hydrogen-bond donors (Lipinski definition) is 2. The van der Waals surface area contributed by atoms with Crippen LogP contribution < -0.4 is 15.8 Å². The number of nitrogens with one attached hydrogen (secondary N) is 1. The van der Waals surface area contributed by atoms with Crippen molar-refractivity contribution in [3.8, 4) is 11.4 Å². The van der Waals surface area contributed by atoms with Crippen LogP contribution in [0.15, 0.2) is 53.0 Å². The van der Waals surface area contributed by atoms with Crippen molar-refractivity contribution in [3.05, 3.63) is 64.3 Å². The van der Waals surface area contributed by atoms with Crippen molar-refractivity contribution < 1.29 is 9.53 Å². The molecule has 25 heavy (non-hydrogen) atoms. The summed E-state index contributed by atoms with van der Waals surface area (Å²) in [5, 5.41) is 10.7. The first-order chi connectivity index (χ1) is 12.1. The summed E-state index contributed by atoms with van der Waals surface area (Å²) in [4.78, 5) is 12.3. The Hall–Kier alpha value is -2.87. The number of aromatic nitrogens is 3. The Morgan fingerprint density at radius 1 is 1.28 bits per heavy atom. The van der Waals surface area contributed by atoms with Gasteiger partial charge in [-0.05, 0) is 35.9 Å². The highest BCUT2D eigenvalue weighted by Gasteiger charge is 2.18. The molecule has 1 aromatic heterocycles. The highest BCUT2D eigenvalue weighted by Crippen LogP contribution is 2.19. The number of anilines is 1. The number of carbonyl (C=O) groups excluding carboxylic acids is 1. The van der Waals surface area contributed by atoms with Gasteiger partial charge in [0, 0.05) is 11.0 Å². The van der Waals surface area contributed by atoms with Crippen molar-refractivity contribution in [2.45, 2.75) is 6.54 Å². The van der Waals surface area contributed by atoms with E-state index in [-0.39, 0.29) is 17.4 Å². The second kappa shape index (κ2) is 7.35. The minimum Gasteiger partial charge on any atom is -0.497 e. The highest BCUT2D eigenvalue weighted by molar-refractivity contribution is 9.10. The Morgan fingerprint density at radius 2 is 2.04 bits per heavy atom. The molecule has 0 saturated carbocycles. The van der Waals surface area contributed by atoms with E-state index in [2.05, 4.69) is 31.6 Å². The van der Waals surface area contributed by atoms with E-state index in [0.717, 1.165) is 15.8 Å². The molecule has 7 nitrogen and oxygen atoms in total. The number of nitrogen functional groups attached to an aromatic ring is 1. The number of hydrogen-bond acceptors (Lipinski definition) is 5. The number of rotatable bonds is 5. The lowest BCUT2D eigenvalue weighted by Crippen LogP contribution is -2.24. The number of halogens is 1. The molecule has 1 amide bonds. The van der Waals surface area contributed by atoms with Crippen LogP contribution in [0.1, 0.15) is 16.1 Å². The zero-order valence-electron chi connectivity index (χ0n) is 13.4. The van der Waals surface area contributed by atoms with Gasteiger partial charge < -0.3 is 15.8 Å². The molecule has 1 heterocycles. The molecule has 2 aromatic carbocycles. The number of ether oxygens (including phenoxy) is 1. The van der Waals surface area contributed by atoms with Gasteiger partial charge in [0.2, 0.25) is 0 Å². The smallest absolute Gasteiger partial charge is 0.275 e. The van der Waals surface area contributed by atoms with E-state index in [1.165, 1.54) is 4.68 Å². The van der Waals surface area contributed by atoms with Gasteiger partial charge in [0.05, 0.1) is 12.8 Å². The lowest BCUT2D eigenvalue weighted by atomic mass is 10.2. The van der Waals surface area contributed by atoms with Crippen LogP contribution in [-0.2, 0) is 6.54 Å². The summed E-state index contributed by atoms with van der Waals surface area (Å²) in [6, 6.07) is 14.8. The first-order valence-corrected chi connectivity index (χ1v) is 8.26. The van der Waals surface area contributed by atoms with Crippen LogP contribution in [0.25, 0.3) is 5.69 Å². The molecule has 0 atom stereocenters. The molecule has 0 aliphatic heterocycles. The van der Waals surface area contributed by atoms with Gasteiger partial charge in [-0.2, -0.15) is 4.68 Å². The molecule has 128 valence electrons. The van der Waals surface area contributed by atoms with Gasteiger partial charge in [-0.1, -0.05) is 39.3 Å². The SMILES string of the molecule is COc1ccc(CNC(=O)c2nnn(-c3cccc(Br)c3)c2N)cc1.